The highest BCUT2D eigenvalue weighted by Gasteiger charge is 2.02. The Kier molecular flexibility index (Phi) is 7.29. The average Bonchev–Trinajstić information content (AvgIpc) is 2.58. The van der Waals surface area contributed by atoms with E-state index in [2.05, 4.69) is 26.7 Å². The second-order valence-electron chi connectivity index (χ2n) is 5.52. The van der Waals surface area contributed by atoms with Gasteiger partial charge >= 0.3 is 0 Å². The van der Waals surface area contributed by atoms with Gasteiger partial charge in [0.2, 0.25) is 5.95 Å². The molecule has 0 aliphatic carbocycles. The van der Waals surface area contributed by atoms with Crippen molar-refractivity contribution < 1.29 is 9.47 Å². The SMILES string of the molecule is COCCCNc1cc(C)nc(NCCc2cccc(OC)c2)n1. The molecule has 1 aromatic heterocycles. The largest absolute Gasteiger partial charge is 0.497 e. The Labute approximate surface area is 143 Å². The normalized spacial score (nSPS) is 10.5. The zero-order chi connectivity index (χ0) is 17.2. The van der Waals surface area contributed by atoms with Gasteiger partial charge in [0.1, 0.15) is 11.6 Å². The fourth-order valence-electron chi connectivity index (χ4n) is 2.32. The minimum Gasteiger partial charge on any atom is -0.497 e. The summed E-state index contributed by atoms with van der Waals surface area (Å²) in [6, 6.07) is 10.0. The smallest absolute Gasteiger partial charge is 0.224 e. The summed E-state index contributed by atoms with van der Waals surface area (Å²) in [6.07, 6.45) is 1.82. The summed E-state index contributed by atoms with van der Waals surface area (Å²) >= 11 is 0. The predicted octanol–water partition coefficient (Wildman–Crippen LogP) is 2.90. The second kappa shape index (κ2) is 9.72. The van der Waals surface area contributed by atoms with Crippen LogP contribution in [0.4, 0.5) is 11.8 Å². The van der Waals surface area contributed by atoms with Gasteiger partial charge in [0.05, 0.1) is 7.11 Å². The second-order valence-corrected chi connectivity index (χ2v) is 5.52. The Hall–Kier alpha value is -2.34. The van der Waals surface area contributed by atoms with Crippen LogP contribution in [-0.4, -0.2) is 43.9 Å². The predicted molar refractivity (Wildman–Crippen MR) is 96.9 cm³/mol. The van der Waals surface area contributed by atoms with E-state index in [1.807, 2.05) is 31.2 Å². The Morgan fingerprint density at radius 2 is 1.92 bits per heavy atom. The maximum absolute atomic E-state index is 5.24. The molecule has 0 saturated heterocycles. The number of methoxy groups -OCH3 is 2. The molecule has 0 fully saturated rings. The lowest BCUT2D eigenvalue weighted by Crippen LogP contribution is -2.11. The summed E-state index contributed by atoms with van der Waals surface area (Å²) in [5, 5.41) is 6.58. The molecule has 0 unspecified atom stereocenters. The lowest BCUT2D eigenvalue weighted by Gasteiger charge is -2.10. The van der Waals surface area contributed by atoms with E-state index in [-0.39, 0.29) is 0 Å². The van der Waals surface area contributed by atoms with E-state index in [4.69, 9.17) is 9.47 Å². The summed E-state index contributed by atoms with van der Waals surface area (Å²) < 4.78 is 10.3. The number of hydrogen-bond acceptors (Lipinski definition) is 6. The molecule has 0 spiro atoms. The molecule has 0 aliphatic rings. The van der Waals surface area contributed by atoms with Crippen molar-refractivity contribution in [1.29, 1.82) is 0 Å². The molecule has 6 nitrogen and oxygen atoms in total. The quantitative estimate of drug-likeness (QED) is 0.653. The Morgan fingerprint density at radius 1 is 1.04 bits per heavy atom. The van der Waals surface area contributed by atoms with Crippen molar-refractivity contribution in [2.75, 3.05) is 44.5 Å². The Morgan fingerprint density at radius 3 is 2.71 bits per heavy atom. The van der Waals surface area contributed by atoms with Crippen molar-refractivity contribution in [3.63, 3.8) is 0 Å². The first-order chi connectivity index (χ1) is 11.7. The summed E-state index contributed by atoms with van der Waals surface area (Å²) in [5.41, 5.74) is 2.15. The van der Waals surface area contributed by atoms with Gasteiger partial charge in [0.15, 0.2) is 0 Å². The number of benzene rings is 1. The molecule has 6 heteroatoms. The minimum absolute atomic E-state index is 0.645. The maximum Gasteiger partial charge on any atom is 0.224 e. The van der Waals surface area contributed by atoms with Crippen LogP contribution >= 0.6 is 0 Å². The lowest BCUT2D eigenvalue weighted by atomic mass is 10.1. The van der Waals surface area contributed by atoms with Crippen molar-refractivity contribution in [2.24, 2.45) is 0 Å². The number of nitrogens with one attached hydrogen (secondary N) is 2. The highest BCUT2D eigenvalue weighted by molar-refractivity contribution is 5.42. The molecular weight excluding hydrogens is 304 g/mol. The number of hydrogen-bond donors (Lipinski definition) is 2. The molecular formula is C18H26N4O2. The zero-order valence-electron chi connectivity index (χ0n) is 14.6. The van der Waals surface area contributed by atoms with Crippen LogP contribution in [0.1, 0.15) is 17.7 Å². The number of anilines is 2. The molecule has 0 atom stereocenters. The lowest BCUT2D eigenvalue weighted by molar-refractivity contribution is 0.198. The van der Waals surface area contributed by atoms with E-state index in [9.17, 15) is 0 Å². The number of ether oxygens (including phenoxy) is 2. The highest BCUT2D eigenvalue weighted by atomic mass is 16.5. The molecule has 0 radical (unpaired) electrons. The van der Waals surface area contributed by atoms with Crippen LogP contribution in [0, 0.1) is 6.92 Å². The van der Waals surface area contributed by atoms with Gasteiger partial charge in [-0.15, -0.1) is 0 Å². The third kappa shape index (κ3) is 6.04. The van der Waals surface area contributed by atoms with Gasteiger partial charge in [0.25, 0.3) is 0 Å². The molecule has 0 aliphatic heterocycles. The van der Waals surface area contributed by atoms with Crippen molar-refractivity contribution in [3.8, 4) is 5.75 Å². The summed E-state index contributed by atoms with van der Waals surface area (Å²) in [4.78, 5) is 8.93. The van der Waals surface area contributed by atoms with Crippen LogP contribution in [0.2, 0.25) is 0 Å². The van der Waals surface area contributed by atoms with E-state index in [0.29, 0.717) is 5.95 Å². The van der Waals surface area contributed by atoms with Gasteiger partial charge in [-0.1, -0.05) is 12.1 Å². The number of aromatic nitrogens is 2. The van der Waals surface area contributed by atoms with Gasteiger partial charge < -0.3 is 20.1 Å². The van der Waals surface area contributed by atoms with Gasteiger partial charge in [-0.3, -0.25) is 0 Å². The third-order valence-corrected chi connectivity index (χ3v) is 3.52. The van der Waals surface area contributed by atoms with Crippen molar-refractivity contribution in [3.05, 3.63) is 41.6 Å². The van der Waals surface area contributed by atoms with E-state index >= 15 is 0 Å². The topological polar surface area (TPSA) is 68.3 Å². The fourth-order valence-corrected chi connectivity index (χ4v) is 2.32. The Bertz CT molecular complexity index is 634. The molecule has 2 rings (SSSR count). The van der Waals surface area contributed by atoms with Gasteiger partial charge in [0, 0.05) is 38.6 Å². The molecule has 0 amide bonds. The van der Waals surface area contributed by atoms with Crippen LogP contribution in [0.3, 0.4) is 0 Å². The first-order valence-electron chi connectivity index (χ1n) is 8.16. The van der Waals surface area contributed by atoms with Crippen LogP contribution in [-0.2, 0) is 11.2 Å². The molecule has 1 aromatic carbocycles. The molecule has 130 valence electrons. The molecule has 24 heavy (non-hydrogen) atoms. The highest BCUT2D eigenvalue weighted by Crippen LogP contribution is 2.14. The van der Waals surface area contributed by atoms with E-state index in [1.165, 1.54) is 5.56 Å². The molecule has 2 aromatic rings. The van der Waals surface area contributed by atoms with Crippen LogP contribution in [0.5, 0.6) is 5.75 Å². The van der Waals surface area contributed by atoms with Crippen LogP contribution in [0.25, 0.3) is 0 Å². The van der Waals surface area contributed by atoms with E-state index in [0.717, 1.165) is 49.8 Å². The zero-order valence-corrected chi connectivity index (χ0v) is 14.6. The third-order valence-electron chi connectivity index (χ3n) is 3.52. The van der Waals surface area contributed by atoms with Crippen LogP contribution in [0.15, 0.2) is 30.3 Å². The number of aryl methyl sites for hydroxylation is 1. The summed E-state index contributed by atoms with van der Waals surface area (Å²) in [7, 11) is 3.39. The Balaban J connectivity index is 1.86. The number of rotatable bonds is 10. The monoisotopic (exact) mass is 330 g/mol. The van der Waals surface area contributed by atoms with Gasteiger partial charge in [-0.25, -0.2) is 4.98 Å². The molecule has 0 saturated carbocycles. The molecule has 2 N–H and O–H groups in total. The first kappa shape index (κ1) is 18.0. The molecule has 1 heterocycles. The molecule has 0 bridgehead atoms. The average molecular weight is 330 g/mol. The van der Waals surface area contributed by atoms with Crippen LogP contribution < -0.4 is 15.4 Å². The summed E-state index contributed by atoms with van der Waals surface area (Å²) in [5.74, 6) is 2.36. The standard InChI is InChI=1S/C18H26N4O2/c1-14-12-17(19-9-5-11-23-2)22-18(21-14)20-10-8-15-6-4-7-16(13-15)24-3/h4,6-7,12-13H,5,8-11H2,1-3H3,(H2,19,20,21,22). The maximum atomic E-state index is 5.24. The van der Waals surface area contributed by atoms with E-state index < -0.39 is 0 Å². The number of nitrogens with zero attached hydrogens (tertiary/aromatic N) is 2. The van der Waals surface area contributed by atoms with Gasteiger partial charge in [-0.2, -0.15) is 4.98 Å². The fraction of sp³-hybridized carbons (Fsp3) is 0.444. The van der Waals surface area contributed by atoms with Gasteiger partial charge in [-0.05, 0) is 37.5 Å². The first-order valence-corrected chi connectivity index (χ1v) is 8.16. The van der Waals surface area contributed by atoms with Crippen molar-refractivity contribution >= 4 is 11.8 Å². The van der Waals surface area contributed by atoms with Crippen molar-refractivity contribution in [2.45, 2.75) is 19.8 Å². The summed E-state index contributed by atoms with van der Waals surface area (Å²) in [6.45, 7) is 4.30. The van der Waals surface area contributed by atoms with Crippen molar-refractivity contribution in [1.82, 2.24) is 9.97 Å². The minimum atomic E-state index is 0.645. The van der Waals surface area contributed by atoms with E-state index in [1.54, 1.807) is 14.2 Å².